The second-order valence-corrected chi connectivity index (χ2v) is 2.78. The second kappa shape index (κ2) is 5.59. The first-order valence-electron chi connectivity index (χ1n) is 3.67. The molecule has 0 N–H and O–H groups in total. The molecular weight excluding hydrogens is 204 g/mol. The lowest BCUT2D eigenvalue weighted by molar-refractivity contribution is 0.168. The lowest BCUT2D eigenvalue weighted by Crippen LogP contribution is -2.44. The molecule has 64 valence electrons. The van der Waals surface area contributed by atoms with Gasteiger partial charge in [-0.1, -0.05) is 5.92 Å². The van der Waals surface area contributed by atoms with Gasteiger partial charge in [-0.3, -0.25) is 4.90 Å². The summed E-state index contributed by atoms with van der Waals surface area (Å²) in [5, 5.41) is 0. The molecule has 2 nitrogen and oxygen atoms in total. The number of rotatable bonds is 1. The molecule has 0 aromatic carbocycles. The van der Waals surface area contributed by atoms with E-state index in [1.807, 2.05) is 0 Å². The summed E-state index contributed by atoms with van der Waals surface area (Å²) < 4.78 is 0. The normalized spacial score (nSPS) is 20.4. The zero-order chi connectivity index (χ0) is 7.40. The fourth-order valence-electron chi connectivity index (χ4n) is 1.14. The number of nitrogens with zero attached hydrogens (tertiary/aromatic N) is 2. The van der Waals surface area contributed by atoms with Crippen molar-refractivity contribution in [2.45, 2.75) is 0 Å². The van der Waals surface area contributed by atoms with E-state index in [2.05, 4.69) is 22.8 Å². The zero-order valence-corrected chi connectivity index (χ0v) is 8.63. The summed E-state index contributed by atoms with van der Waals surface area (Å²) in [5.74, 6) is 2.66. The van der Waals surface area contributed by atoms with Gasteiger partial charge in [-0.2, -0.15) is 0 Å². The first-order valence-corrected chi connectivity index (χ1v) is 3.67. The van der Waals surface area contributed by atoms with Crippen LogP contribution >= 0.6 is 17.0 Å². The summed E-state index contributed by atoms with van der Waals surface area (Å²) in [6.45, 7) is 5.37. The lowest BCUT2D eigenvalue weighted by Gasteiger charge is -2.30. The molecule has 11 heavy (non-hydrogen) atoms. The van der Waals surface area contributed by atoms with Crippen LogP contribution in [0.15, 0.2) is 0 Å². The number of hydrogen-bond acceptors (Lipinski definition) is 2. The van der Waals surface area contributed by atoms with Crippen molar-refractivity contribution in [3.05, 3.63) is 0 Å². The Bertz CT molecular complexity index is 134. The van der Waals surface area contributed by atoms with Crippen molar-refractivity contribution >= 4 is 17.0 Å². The molecule has 0 bridgehead atoms. The molecule has 3 heteroatoms. The number of piperazine rings is 1. The molecule has 0 aromatic heterocycles. The molecule has 1 saturated heterocycles. The van der Waals surface area contributed by atoms with Crippen LogP contribution in [-0.2, 0) is 0 Å². The van der Waals surface area contributed by atoms with Crippen LogP contribution in [0.4, 0.5) is 0 Å². The Morgan fingerprint density at radius 2 is 1.82 bits per heavy atom. The maximum absolute atomic E-state index is 5.19. The smallest absolute Gasteiger partial charge is 0.0599 e. The highest BCUT2D eigenvalue weighted by atomic mass is 79.9. The van der Waals surface area contributed by atoms with E-state index in [4.69, 9.17) is 6.42 Å². The molecule has 1 aliphatic heterocycles. The van der Waals surface area contributed by atoms with Crippen molar-refractivity contribution in [1.29, 1.82) is 0 Å². The van der Waals surface area contributed by atoms with Gasteiger partial charge >= 0.3 is 0 Å². The monoisotopic (exact) mass is 218 g/mol. The van der Waals surface area contributed by atoms with Gasteiger partial charge in [-0.15, -0.1) is 23.4 Å². The highest BCUT2D eigenvalue weighted by molar-refractivity contribution is 8.93. The second-order valence-electron chi connectivity index (χ2n) is 2.78. The molecule has 0 aromatic rings. The van der Waals surface area contributed by atoms with Crippen LogP contribution in [0.1, 0.15) is 0 Å². The largest absolute Gasteiger partial charge is 0.304 e. The molecule has 0 amide bonds. The molecule has 0 aliphatic carbocycles. The fraction of sp³-hybridized carbons (Fsp3) is 0.750. The first-order chi connectivity index (χ1) is 4.83. The topological polar surface area (TPSA) is 6.48 Å². The Kier molecular flexibility index (Phi) is 5.57. The molecule has 0 radical (unpaired) electrons. The molecule has 0 saturated carbocycles. The van der Waals surface area contributed by atoms with E-state index in [1.165, 1.54) is 0 Å². The Morgan fingerprint density at radius 3 is 2.27 bits per heavy atom. The van der Waals surface area contributed by atoms with Gasteiger partial charge < -0.3 is 4.90 Å². The summed E-state index contributed by atoms with van der Waals surface area (Å²) in [4.78, 5) is 4.63. The Hall–Kier alpha value is -0.0400. The summed E-state index contributed by atoms with van der Waals surface area (Å²) in [7, 11) is 2.15. The molecular formula is C8H15BrN2. The summed E-state index contributed by atoms with van der Waals surface area (Å²) in [5.41, 5.74) is 0. The van der Waals surface area contributed by atoms with E-state index < -0.39 is 0 Å². The molecule has 0 atom stereocenters. The predicted octanol–water partition coefficient (Wildman–Crippen LogP) is 0.445. The highest BCUT2D eigenvalue weighted by Crippen LogP contribution is 1.96. The van der Waals surface area contributed by atoms with Crippen molar-refractivity contribution in [2.75, 3.05) is 39.8 Å². The van der Waals surface area contributed by atoms with Crippen molar-refractivity contribution in [3.8, 4) is 12.3 Å². The van der Waals surface area contributed by atoms with Crippen LogP contribution in [0, 0.1) is 12.3 Å². The first kappa shape index (κ1) is 11.0. The van der Waals surface area contributed by atoms with Gasteiger partial charge in [-0.25, -0.2) is 0 Å². The summed E-state index contributed by atoms with van der Waals surface area (Å²) >= 11 is 0. The molecule has 0 unspecified atom stereocenters. The van der Waals surface area contributed by atoms with Crippen molar-refractivity contribution in [2.24, 2.45) is 0 Å². The Morgan fingerprint density at radius 1 is 1.27 bits per heavy atom. The van der Waals surface area contributed by atoms with E-state index in [0.29, 0.717) is 0 Å². The average Bonchev–Trinajstić information content (AvgIpc) is 1.95. The van der Waals surface area contributed by atoms with Crippen molar-refractivity contribution < 1.29 is 0 Å². The SMILES string of the molecule is Br.C#CCN1CCN(C)CC1. The number of halogens is 1. The Balaban J connectivity index is 0.000001000. The van der Waals surface area contributed by atoms with Gasteiger partial charge in [0, 0.05) is 26.2 Å². The van der Waals surface area contributed by atoms with E-state index in [0.717, 1.165) is 32.7 Å². The van der Waals surface area contributed by atoms with Crippen LogP contribution in [0.2, 0.25) is 0 Å². The number of hydrogen-bond donors (Lipinski definition) is 0. The van der Waals surface area contributed by atoms with Crippen LogP contribution in [0.3, 0.4) is 0 Å². The maximum atomic E-state index is 5.19. The van der Waals surface area contributed by atoms with Gasteiger partial charge in [0.25, 0.3) is 0 Å². The van der Waals surface area contributed by atoms with Crippen LogP contribution in [-0.4, -0.2) is 49.6 Å². The molecule has 1 aliphatic rings. The van der Waals surface area contributed by atoms with Gasteiger partial charge in [-0.05, 0) is 7.05 Å². The molecule has 0 spiro atoms. The van der Waals surface area contributed by atoms with Gasteiger partial charge in [0.2, 0.25) is 0 Å². The fourth-order valence-corrected chi connectivity index (χ4v) is 1.14. The standard InChI is InChI=1S/C8H14N2.BrH/c1-3-4-10-7-5-9(2)6-8-10;/h1H,4-8H2,2H3;1H. The van der Waals surface area contributed by atoms with Gasteiger partial charge in [0.1, 0.15) is 0 Å². The minimum Gasteiger partial charge on any atom is -0.304 e. The minimum absolute atomic E-state index is 0. The highest BCUT2D eigenvalue weighted by Gasteiger charge is 2.11. The molecule has 1 fully saturated rings. The maximum Gasteiger partial charge on any atom is 0.0599 e. The van der Waals surface area contributed by atoms with Crippen LogP contribution < -0.4 is 0 Å². The minimum atomic E-state index is 0. The van der Waals surface area contributed by atoms with Gasteiger partial charge in [0.05, 0.1) is 6.54 Å². The summed E-state index contributed by atoms with van der Waals surface area (Å²) in [6.07, 6.45) is 5.19. The third kappa shape index (κ3) is 3.76. The number of terminal acetylenes is 1. The average molecular weight is 219 g/mol. The van der Waals surface area contributed by atoms with Gasteiger partial charge in [0.15, 0.2) is 0 Å². The summed E-state index contributed by atoms with van der Waals surface area (Å²) in [6, 6.07) is 0. The molecule has 1 heterocycles. The van der Waals surface area contributed by atoms with E-state index >= 15 is 0 Å². The van der Waals surface area contributed by atoms with Crippen LogP contribution in [0.5, 0.6) is 0 Å². The lowest BCUT2D eigenvalue weighted by atomic mass is 10.3. The number of likely N-dealkylation sites (N-methyl/N-ethyl adjacent to an activating group) is 1. The Labute approximate surface area is 79.3 Å². The van der Waals surface area contributed by atoms with E-state index in [1.54, 1.807) is 0 Å². The third-order valence-electron chi connectivity index (χ3n) is 1.91. The predicted molar refractivity (Wildman–Crippen MR) is 53.1 cm³/mol. The van der Waals surface area contributed by atoms with E-state index in [-0.39, 0.29) is 17.0 Å². The van der Waals surface area contributed by atoms with Crippen LogP contribution in [0.25, 0.3) is 0 Å². The zero-order valence-electron chi connectivity index (χ0n) is 6.92. The van der Waals surface area contributed by atoms with E-state index in [9.17, 15) is 0 Å². The third-order valence-corrected chi connectivity index (χ3v) is 1.91. The van der Waals surface area contributed by atoms with Crippen molar-refractivity contribution in [3.63, 3.8) is 0 Å². The van der Waals surface area contributed by atoms with Crippen molar-refractivity contribution in [1.82, 2.24) is 9.80 Å². The quantitative estimate of drug-likeness (QED) is 0.590. The molecule has 1 rings (SSSR count).